The Labute approximate surface area is 240 Å². The highest BCUT2D eigenvalue weighted by Gasteiger charge is 2.43. The van der Waals surface area contributed by atoms with Gasteiger partial charge in [0.1, 0.15) is 24.7 Å². The summed E-state index contributed by atoms with van der Waals surface area (Å²) in [5, 5.41) is 21.8. The number of dihydropyridines is 1. The molecule has 0 fully saturated rings. The lowest BCUT2D eigenvalue weighted by Gasteiger charge is -2.49. The predicted molar refractivity (Wildman–Crippen MR) is 148 cm³/mol. The van der Waals surface area contributed by atoms with E-state index in [1.54, 1.807) is 18.2 Å². The van der Waals surface area contributed by atoms with E-state index in [-0.39, 0.29) is 36.7 Å². The fourth-order valence-corrected chi connectivity index (χ4v) is 4.28. The number of nitrogens with zero attached hydrogens (tertiary/aromatic N) is 18. The number of esters is 1. The molecule has 2 aliphatic rings. The maximum absolute atomic E-state index is 13.6. The van der Waals surface area contributed by atoms with Crippen LogP contribution in [0, 0.1) is 0 Å². The lowest BCUT2D eigenvalue weighted by atomic mass is 10.0. The summed E-state index contributed by atoms with van der Waals surface area (Å²) in [5.74, 6) is 5.30. The average molecular weight is 591 g/mol. The van der Waals surface area contributed by atoms with Crippen LogP contribution in [0.1, 0.15) is 10.4 Å². The first-order chi connectivity index (χ1) is 20.9. The molecule has 0 radical (unpaired) electrons. The largest absolute Gasteiger partial charge is 0.456 e. The quantitative estimate of drug-likeness (QED) is 0.0809. The summed E-state index contributed by atoms with van der Waals surface area (Å²) >= 11 is 0. The number of nitrogens with two attached hydrogens (primary N) is 1. The molecule has 0 aromatic heterocycles. The van der Waals surface area contributed by atoms with E-state index < -0.39 is 43.5 Å². The van der Waals surface area contributed by atoms with Gasteiger partial charge >= 0.3 is 5.97 Å². The number of benzene rings is 1. The van der Waals surface area contributed by atoms with E-state index in [1.807, 2.05) is 0 Å². The van der Waals surface area contributed by atoms with Crippen LogP contribution in [0.2, 0.25) is 0 Å². The topological polar surface area (TPSA) is 335 Å². The van der Waals surface area contributed by atoms with E-state index in [0.717, 1.165) is 0 Å². The van der Waals surface area contributed by atoms with Crippen LogP contribution in [0.5, 0.6) is 0 Å². The first-order valence-corrected chi connectivity index (χ1v) is 12.1. The van der Waals surface area contributed by atoms with E-state index >= 15 is 0 Å². The summed E-state index contributed by atoms with van der Waals surface area (Å²) in [4.78, 5) is 42.1. The van der Waals surface area contributed by atoms with Crippen molar-refractivity contribution in [1.82, 2.24) is 15.1 Å². The van der Waals surface area contributed by atoms with Gasteiger partial charge in [0.25, 0.3) is 0 Å². The van der Waals surface area contributed by atoms with Crippen LogP contribution in [0.3, 0.4) is 0 Å². The van der Waals surface area contributed by atoms with Gasteiger partial charge in [-0.05, 0) is 58.0 Å². The molecule has 0 aliphatic carbocycles. The highest BCUT2D eigenvalue weighted by Crippen LogP contribution is 2.31. The van der Waals surface area contributed by atoms with Crippen LogP contribution in [0.15, 0.2) is 73.5 Å². The van der Waals surface area contributed by atoms with Crippen molar-refractivity contribution in [2.75, 3.05) is 38.0 Å². The molecule has 23 nitrogen and oxygen atoms in total. The Morgan fingerprint density at radius 2 is 1.70 bits per heavy atom. The molecular weight excluding hydrogens is 568 g/mol. The van der Waals surface area contributed by atoms with Crippen molar-refractivity contribution in [3.8, 4) is 0 Å². The maximum atomic E-state index is 13.6. The Morgan fingerprint density at radius 3 is 2.35 bits per heavy atom. The predicted octanol–water partition coefficient (Wildman–Crippen LogP) is 3.53. The molecule has 1 unspecified atom stereocenters. The second-order valence-corrected chi connectivity index (χ2v) is 8.39. The van der Waals surface area contributed by atoms with E-state index in [0.29, 0.717) is 5.69 Å². The lowest BCUT2D eigenvalue weighted by Crippen LogP contribution is -2.64. The van der Waals surface area contributed by atoms with Crippen LogP contribution in [-0.4, -0.2) is 73.0 Å². The minimum absolute atomic E-state index is 0.115. The molecule has 220 valence electrons. The number of amides is 1. The number of hydrogen-bond acceptors (Lipinski definition) is 12. The van der Waals surface area contributed by atoms with Gasteiger partial charge in [0.15, 0.2) is 6.73 Å². The Kier molecular flexibility index (Phi) is 11.1. The second-order valence-electron chi connectivity index (χ2n) is 8.39. The van der Waals surface area contributed by atoms with Gasteiger partial charge in [0, 0.05) is 43.7 Å². The standard InChI is InChI=1S/C20H22N20O3/c21-33-27-7-14(8-28-34-22)39-16(9-29-35-23)19(41)38(10-30-36-24)15-4-5-17(32-18(15)39)40(26)13-3-1-2-12(6-13)20(42)43-11-31-37-25/h1-6,14,16-17,32H,7-11,26H2/t16-,17?/m1/s1. The van der Waals surface area contributed by atoms with Crippen molar-refractivity contribution < 1.29 is 14.3 Å². The summed E-state index contributed by atoms with van der Waals surface area (Å²) in [7, 11) is 0. The molecule has 1 amide bonds. The van der Waals surface area contributed by atoms with Crippen LogP contribution in [0.4, 0.5) is 5.69 Å². The van der Waals surface area contributed by atoms with Gasteiger partial charge in [0.2, 0.25) is 5.91 Å². The number of allylic oxidation sites excluding steroid dienone is 1. The maximum Gasteiger partial charge on any atom is 0.338 e. The molecule has 0 bridgehead atoms. The molecule has 3 rings (SSSR count). The summed E-state index contributed by atoms with van der Waals surface area (Å²) in [6, 6.07) is 3.98. The Hall–Kier alpha value is -6.45. The third-order valence-electron chi connectivity index (χ3n) is 6.09. The van der Waals surface area contributed by atoms with Crippen molar-refractivity contribution in [2.45, 2.75) is 18.2 Å². The molecule has 3 N–H and O–H groups in total. The molecule has 0 saturated carbocycles. The molecule has 1 aromatic rings. The molecular formula is C20H22N20O3. The molecule has 43 heavy (non-hydrogen) atoms. The minimum atomic E-state index is -1.20. The first kappa shape index (κ1) is 31.1. The molecule has 1 aromatic carbocycles. The van der Waals surface area contributed by atoms with Gasteiger partial charge < -0.3 is 19.9 Å². The lowest BCUT2D eigenvalue weighted by molar-refractivity contribution is -0.137. The summed E-state index contributed by atoms with van der Waals surface area (Å²) < 4.78 is 4.89. The third-order valence-corrected chi connectivity index (χ3v) is 6.09. The molecule has 0 spiro atoms. The molecule has 0 saturated heterocycles. The van der Waals surface area contributed by atoms with Gasteiger partial charge in [0.05, 0.1) is 23.5 Å². The fourth-order valence-electron chi connectivity index (χ4n) is 4.28. The fraction of sp³-hybridized carbons (Fsp3) is 0.400. The number of hydrogen-bond donors (Lipinski definition) is 2. The molecule has 2 heterocycles. The van der Waals surface area contributed by atoms with Gasteiger partial charge in [-0.3, -0.25) is 9.80 Å². The third kappa shape index (κ3) is 7.40. The van der Waals surface area contributed by atoms with Crippen molar-refractivity contribution in [3.63, 3.8) is 0 Å². The van der Waals surface area contributed by atoms with Crippen molar-refractivity contribution in [1.29, 1.82) is 0 Å². The smallest absolute Gasteiger partial charge is 0.338 e. The minimum Gasteiger partial charge on any atom is -0.456 e. The van der Waals surface area contributed by atoms with Crippen LogP contribution in [-0.2, 0) is 9.53 Å². The molecule has 23 heteroatoms. The van der Waals surface area contributed by atoms with E-state index in [1.165, 1.54) is 33.0 Å². The second kappa shape index (κ2) is 15.4. The van der Waals surface area contributed by atoms with Crippen LogP contribution >= 0.6 is 0 Å². The number of hydrazine groups is 1. The Balaban J connectivity index is 2.07. The van der Waals surface area contributed by atoms with E-state index in [2.05, 4.69) is 55.4 Å². The monoisotopic (exact) mass is 590 g/mol. The Bertz CT molecular complexity index is 1520. The van der Waals surface area contributed by atoms with Crippen molar-refractivity contribution in [2.24, 2.45) is 31.4 Å². The van der Waals surface area contributed by atoms with Gasteiger partial charge in [-0.2, -0.15) is 0 Å². The summed E-state index contributed by atoms with van der Waals surface area (Å²) in [6.45, 7) is -1.78. The molecule has 2 aliphatic heterocycles. The first-order valence-electron chi connectivity index (χ1n) is 12.1. The zero-order chi connectivity index (χ0) is 31.2. The zero-order valence-electron chi connectivity index (χ0n) is 22.1. The number of anilines is 1. The van der Waals surface area contributed by atoms with E-state index in [4.69, 9.17) is 38.2 Å². The molecule has 2 atom stereocenters. The van der Waals surface area contributed by atoms with Crippen molar-refractivity contribution >= 4 is 17.6 Å². The number of carbonyl (C=O) groups excluding carboxylic acids is 2. The number of ether oxygens (including phenoxy) is 1. The Morgan fingerprint density at radius 1 is 1.02 bits per heavy atom. The van der Waals surface area contributed by atoms with Crippen molar-refractivity contribution in [3.05, 3.63) is 106 Å². The number of azide groups is 5. The van der Waals surface area contributed by atoms with Crippen LogP contribution < -0.4 is 16.2 Å². The summed E-state index contributed by atoms with van der Waals surface area (Å²) in [6.07, 6.45) is 2.29. The number of rotatable bonds is 14. The highest BCUT2D eigenvalue weighted by molar-refractivity contribution is 5.90. The van der Waals surface area contributed by atoms with E-state index in [9.17, 15) is 9.59 Å². The SMILES string of the molecule is [N-]=[N+]=NCOC(=O)c1cccc(N(N)C2C=CC3=C(N2)N(C(CN=[N+]=[N-])CN=[N+]=[N-])[C@H](CN=[N+]=[N-])C(=O)N3CN=[N+]=[N-])c1. The van der Waals surface area contributed by atoms with Gasteiger partial charge in [-0.25, -0.2) is 10.6 Å². The zero-order valence-corrected chi connectivity index (χ0v) is 22.1. The number of nitrogens with one attached hydrogen (secondary N) is 1. The van der Waals surface area contributed by atoms with Gasteiger partial charge in [-0.1, -0.05) is 31.6 Å². The highest BCUT2D eigenvalue weighted by atomic mass is 16.5. The van der Waals surface area contributed by atoms with Crippen LogP contribution in [0.25, 0.3) is 52.2 Å². The normalized spacial score (nSPS) is 17.4. The average Bonchev–Trinajstić information content (AvgIpc) is 3.03. The number of carbonyl (C=O) groups is 2. The summed E-state index contributed by atoms with van der Waals surface area (Å²) in [5.41, 5.74) is 44.9. The van der Waals surface area contributed by atoms with Gasteiger partial charge in [-0.15, -0.1) is 0 Å².